The lowest BCUT2D eigenvalue weighted by atomic mass is 10.3. The lowest BCUT2D eigenvalue weighted by Gasteiger charge is -2.07. The van der Waals surface area contributed by atoms with E-state index in [4.69, 9.17) is 21.8 Å². The molecule has 0 radical (unpaired) electrons. The van der Waals surface area contributed by atoms with Crippen LogP contribution in [0.4, 0.5) is 10.6 Å². The normalized spacial score (nSPS) is 9.88. The van der Waals surface area contributed by atoms with E-state index in [1.807, 2.05) is 0 Å². The van der Waals surface area contributed by atoms with Gasteiger partial charge in [-0.3, -0.25) is 0 Å². The first kappa shape index (κ1) is 12.5. The van der Waals surface area contributed by atoms with E-state index < -0.39 is 6.09 Å². The minimum atomic E-state index is -1.07. The Hall–Kier alpha value is -1.53. The van der Waals surface area contributed by atoms with Crippen molar-refractivity contribution in [3.05, 3.63) is 22.8 Å². The van der Waals surface area contributed by atoms with Gasteiger partial charge in [0.05, 0.1) is 11.6 Å². The van der Waals surface area contributed by atoms with Gasteiger partial charge in [0.2, 0.25) is 0 Å². The number of aromatic nitrogens is 1. The van der Waals surface area contributed by atoms with Gasteiger partial charge in [-0.15, -0.1) is 0 Å². The highest BCUT2D eigenvalue weighted by Gasteiger charge is 2.02. The van der Waals surface area contributed by atoms with E-state index in [0.29, 0.717) is 22.9 Å². The largest absolute Gasteiger partial charge is 0.465 e. The monoisotopic (exact) mass is 245 g/mol. The van der Waals surface area contributed by atoms with E-state index in [-0.39, 0.29) is 13.2 Å². The quantitative estimate of drug-likeness (QED) is 0.579. The average Bonchev–Trinajstić information content (AvgIpc) is 2.25. The topological polar surface area (TPSA) is 94.5 Å². The average molecular weight is 246 g/mol. The van der Waals surface area contributed by atoms with Crippen molar-refractivity contribution in [2.24, 2.45) is 0 Å². The van der Waals surface area contributed by atoms with Gasteiger partial charge in [0.15, 0.2) is 0 Å². The zero-order valence-electron chi connectivity index (χ0n) is 8.40. The van der Waals surface area contributed by atoms with Crippen LogP contribution in [0.25, 0.3) is 0 Å². The summed E-state index contributed by atoms with van der Waals surface area (Å²) in [6, 6.07) is 1.60. The third-order valence-electron chi connectivity index (χ3n) is 1.77. The van der Waals surface area contributed by atoms with Gasteiger partial charge in [-0.2, -0.15) is 0 Å². The van der Waals surface area contributed by atoms with Crippen LogP contribution >= 0.6 is 11.6 Å². The van der Waals surface area contributed by atoms with E-state index in [9.17, 15) is 4.79 Å². The Bertz CT molecular complexity index is 373. The zero-order chi connectivity index (χ0) is 12.0. The summed E-state index contributed by atoms with van der Waals surface area (Å²) in [5.41, 5.74) is 0.624. The number of pyridine rings is 1. The molecule has 0 bridgehead atoms. The summed E-state index contributed by atoms with van der Waals surface area (Å²) < 4.78 is 0. The van der Waals surface area contributed by atoms with Crippen molar-refractivity contribution < 1.29 is 15.0 Å². The van der Waals surface area contributed by atoms with Crippen molar-refractivity contribution in [2.45, 2.75) is 6.61 Å². The van der Waals surface area contributed by atoms with Gasteiger partial charge in [-0.1, -0.05) is 11.6 Å². The van der Waals surface area contributed by atoms with E-state index in [0.717, 1.165) is 0 Å². The van der Waals surface area contributed by atoms with Crippen LogP contribution in [0.5, 0.6) is 0 Å². The molecule has 0 aliphatic carbocycles. The molecule has 0 saturated carbocycles. The van der Waals surface area contributed by atoms with Gasteiger partial charge in [-0.05, 0) is 11.6 Å². The number of aliphatic hydroxyl groups is 1. The van der Waals surface area contributed by atoms with Gasteiger partial charge in [0.25, 0.3) is 0 Å². The number of nitrogens with one attached hydrogen (secondary N) is 2. The minimum Gasteiger partial charge on any atom is -0.465 e. The second-order valence-corrected chi connectivity index (χ2v) is 3.40. The van der Waals surface area contributed by atoms with Crippen LogP contribution in [-0.2, 0) is 6.61 Å². The van der Waals surface area contributed by atoms with Crippen molar-refractivity contribution in [3.63, 3.8) is 0 Å². The van der Waals surface area contributed by atoms with Crippen LogP contribution in [0.15, 0.2) is 12.3 Å². The van der Waals surface area contributed by atoms with E-state index in [1.54, 1.807) is 6.07 Å². The van der Waals surface area contributed by atoms with Gasteiger partial charge in [-0.25, -0.2) is 9.78 Å². The summed E-state index contributed by atoms with van der Waals surface area (Å²) >= 11 is 5.88. The van der Waals surface area contributed by atoms with Crippen molar-refractivity contribution >= 4 is 23.5 Å². The summed E-state index contributed by atoms with van der Waals surface area (Å²) in [6.45, 7) is 0.528. The number of rotatable bonds is 5. The molecular formula is C9H12ClN3O3. The Morgan fingerprint density at radius 2 is 2.25 bits per heavy atom. The Labute approximate surface area is 97.3 Å². The molecule has 0 unspecified atom stereocenters. The first-order chi connectivity index (χ1) is 7.63. The minimum absolute atomic E-state index is 0.117. The van der Waals surface area contributed by atoms with Crippen LogP contribution in [0, 0.1) is 0 Å². The molecule has 1 heterocycles. The van der Waals surface area contributed by atoms with Gasteiger partial charge in [0.1, 0.15) is 5.82 Å². The Kier molecular flexibility index (Phi) is 4.81. The summed E-state index contributed by atoms with van der Waals surface area (Å²) in [5.74, 6) is 0.464. The molecule has 0 aliphatic heterocycles. The highest BCUT2D eigenvalue weighted by molar-refractivity contribution is 6.32. The second kappa shape index (κ2) is 6.14. The van der Waals surface area contributed by atoms with Crippen molar-refractivity contribution in [2.75, 3.05) is 18.4 Å². The maximum Gasteiger partial charge on any atom is 0.404 e. The number of hydrogen-bond donors (Lipinski definition) is 4. The van der Waals surface area contributed by atoms with Crippen LogP contribution in [0.2, 0.25) is 5.02 Å². The molecule has 1 amide bonds. The molecule has 88 valence electrons. The van der Waals surface area contributed by atoms with Crippen molar-refractivity contribution in [1.82, 2.24) is 10.3 Å². The Morgan fingerprint density at radius 3 is 2.81 bits per heavy atom. The molecule has 0 spiro atoms. The fourth-order valence-electron chi connectivity index (χ4n) is 1.04. The molecule has 7 heteroatoms. The van der Waals surface area contributed by atoms with Crippen LogP contribution in [0.3, 0.4) is 0 Å². The molecule has 1 aromatic heterocycles. The summed E-state index contributed by atoms with van der Waals surface area (Å²) in [7, 11) is 0. The third kappa shape index (κ3) is 3.92. The van der Waals surface area contributed by atoms with Crippen molar-refractivity contribution in [3.8, 4) is 0 Å². The predicted molar refractivity (Wildman–Crippen MR) is 59.7 cm³/mol. The molecule has 0 aromatic carbocycles. The van der Waals surface area contributed by atoms with Gasteiger partial charge >= 0.3 is 6.09 Å². The summed E-state index contributed by atoms with van der Waals surface area (Å²) in [4.78, 5) is 14.1. The fourth-order valence-corrected chi connectivity index (χ4v) is 1.30. The Morgan fingerprint density at radius 1 is 1.50 bits per heavy atom. The van der Waals surface area contributed by atoms with Crippen molar-refractivity contribution in [1.29, 1.82) is 0 Å². The SMILES string of the molecule is O=C(O)NCCNc1ncc(CO)cc1Cl. The molecule has 4 N–H and O–H groups in total. The number of halogens is 1. The number of hydrogen-bond acceptors (Lipinski definition) is 4. The molecule has 6 nitrogen and oxygen atoms in total. The number of amides is 1. The highest BCUT2D eigenvalue weighted by Crippen LogP contribution is 2.19. The molecule has 16 heavy (non-hydrogen) atoms. The van der Waals surface area contributed by atoms with E-state index >= 15 is 0 Å². The van der Waals surface area contributed by atoms with Gasteiger partial charge < -0.3 is 20.8 Å². The highest BCUT2D eigenvalue weighted by atomic mass is 35.5. The van der Waals surface area contributed by atoms with Crippen LogP contribution < -0.4 is 10.6 Å². The number of carboxylic acid groups (broad SMARTS) is 1. The molecular weight excluding hydrogens is 234 g/mol. The maximum absolute atomic E-state index is 10.2. The third-order valence-corrected chi connectivity index (χ3v) is 2.06. The zero-order valence-corrected chi connectivity index (χ0v) is 9.16. The van der Waals surface area contributed by atoms with Crippen LogP contribution in [-0.4, -0.2) is 34.4 Å². The first-order valence-electron chi connectivity index (χ1n) is 4.59. The molecule has 1 aromatic rings. The lowest BCUT2D eigenvalue weighted by Crippen LogP contribution is -2.27. The smallest absolute Gasteiger partial charge is 0.404 e. The number of aliphatic hydroxyl groups excluding tert-OH is 1. The van der Waals surface area contributed by atoms with E-state index in [1.165, 1.54) is 6.20 Å². The molecule has 0 saturated heterocycles. The second-order valence-electron chi connectivity index (χ2n) is 2.99. The van der Waals surface area contributed by atoms with Crippen LogP contribution in [0.1, 0.15) is 5.56 Å². The van der Waals surface area contributed by atoms with E-state index in [2.05, 4.69) is 15.6 Å². The molecule has 0 aliphatic rings. The number of carbonyl (C=O) groups is 1. The molecule has 0 fully saturated rings. The summed E-state index contributed by atoms with van der Waals surface area (Å²) in [6.07, 6.45) is 0.426. The maximum atomic E-state index is 10.2. The standard InChI is InChI=1S/C9H12ClN3O3/c10-7-3-6(5-14)4-13-8(7)11-1-2-12-9(15)16/h3-4,12,14H,1-2,5H2,(H,11,13)(H,15,16). The number of anilines is 1. The number of nitrogens with zero attached hydrogens (tertiary/aromatic N) is 1. The predicted octanol–water partition coefficient (Wildman–Crippen LogP) is 0.907. The van der Waals surface area contributed by atoms with Gasteiger partial charge in [0, 0.05) is 19.3 Å². The lowest BCUT2D eigenvalue weighted by molar-refractivity contribution is 0.195. The first-order valence-corrected chi connectivity index (χ1v) is 4.97. The Balaban J connectivity index is 2.45. The molecule has 0 atom stereocenters. The molecule has 1 rings (SSSR count). The fraction of sp³-hybridized carbons (Fsp3) is 0.333. The summed E-state index contributed by atoms with van der Waals surface area (Å²) in [5, 5.41) is 22.6.